The molecule has 0 aliphatic carbocycles. The van der Waals surface area contributed by atoms with Gasteiger partial charge in [0.25, 0.3) is 5.91 Å². The minimum atomic E-state index is -0.232. The Labute approximate surface area is 179 Å². The van der Waals surface area contributed by atoms with Gasteiger partial charge in [0.1, 0.15) is 5.82 Å². The number of halogens is 1. The quantitative estimate of drug-likeness (QED) is 0.501. The minimum Gasteiger partial charge on any atom is -0.366 e. The first-order valence-corrected chi connectivity index (χ1v) is 10.3. The van der Waals surface area contributed by atoms with Crippen LogP contribution in [0.25, 0.3) is 22.2 Å². The Bertz CT molecular complexity index is 1240. The Hall–Kier alpha value is -3.80. The monoisotopic (exact) mass is 412 g/mol. The molecule has 1 amide bonds. The number of hydrogen-bond donors (Lipinski definition) is 0. The van der Waals surface area contributed by atoms with Gasteiger partial charge in [-0.05, 0) is 36.4 Å². The molecule has 1 aliphatic heterocycles. The Morgan fingerprint density at radius 3 is 2.35 bits per heavy atom. The lowest BCUT2D eigenvalue weighted by Crippen LogP contribution is -2.49. The summed E-state index contributed by atoms with van der Waals surface area (Å²) < 4.78 is 14.1. The maximum Gasteiger partial charge on any atom is 0.254 e. The summed E-state index contributed by atoms with van der Waals surface area (Å²) in [6.45, 7) is 2.25. The average Bonchev–Trinajstić information content (AvgIpc) is 2.84. The minimum absolute atomic E-state index is 0.0258. The highest BCUT2D eigenvalue weighted by molar-refractivity contribution is 6.07. The number of amides is 1. The van der Waals surface area contributed by atoms with Crippen molar-refractivity contribution in [3.8, 4) is 11.3 Å². The number of anilines is 1. The summed E-state index contributed by atoms with van der Waals surface area (Å²) in [6.07, 6.45) is 3.44. The van der Waals surface area contributed by atoms with Gasteiger partial charge in [-0.15, -0.1) is 0 Å². The number of aromatic nitrogens is 2. The smallest absolute Gasteiger partial charge is 0.254 e. The number of benzene rings is 2. The summed E-state index contributed by atoms with van der Waals surface area (Å²) in [6, 6.07) is 20.1. The van der Waals surface area contributed by atoms with Crippen LogP contribution >= 0.6 is 0 Å². The normalized spacial score (nSPS) is 14.1. The molecule has 4 aromatic rings. The second-order valence-electron chi connectivity index (χ2n) is 7.54. The molecule has 5 nitrogen and oxygen atoms in total. The fourth-order valence-electron chi connectivity index (χ4n) is 4.05. The molecule has 0 atom stereocenters. The lowest BCUT2D eigenvalue weighted by Gasteiger charge is -2.36. The Kier molecular flexibility index (Phi) is 5.04. The van der Waals surface area contributed by atoms with Crippen molar-refractivity contribution in [1.82, 2.24) is 14.9 Å². The van der Waals surface area contributed by atoms with E-state index in [9.17, 15) is 9.18 Å². The predicted octanol–water partition coefficient (Wildman–Crippen LogP) is 4.40. The Balaban J connectivity index is 1.44. The van der Waals surface area contributed by atoms with E-state index < -0.39 is 0 Å². The molecule has 1 aliphatic rings. The third kappa shape index (κ3) is 3.72. The molecule has 0 saturated carbocycles. The average molecular weight is 412 g/mol. The van der Waals surface area contributed by atoms with Crippen LogP contribution in [-0.2, 0) is 0 Å². The van der Waals surface area contributed by atoms with E-state index in [1.54, 1.807) is 24.5 Å². The molecule has 0 N–H and O–H groups in total. The summed E-state index contributed by atoms with van der Waals surface area (Å²) in [5, 5.41) is 0.835. The number of pyridine rings is 2. The highest BCUT2D eigenvalue weighted by atomic mass is 19.1. The van der Waals surface area contributed by atoms with Crippen LogP contribution in [0.15, 0.2) is 79.1 Å². The van der Waals surface area contributed by atoms with Crippen molar-refractivity contribution < 1.29 is 9.18 Å². The van der Waals surface area contributed by atoms with Crippen LogP contribution in [0.3, 0.4) is 0 Å². The van der Waals surface area contributed by atoms with Crippen molar-refractivity contribution in [3.63, 3.8) is 0 Å². The Morgan fingerprint density at radius 1 is 0.871 bits per heavy atom. The highest BCUT2D eigenvalue weighted by Gasteiger charge is 2.25. The van der Waals surface area contributed by atoms with E-state index in [2.05, 4.69) is 4.98 Å². The van der Waals surface area contributed by atoms with Gasteiger partial charge in [-0.2, -0.15) is 0 Å². The van der Waals surface area contributed by atoms with Crippen LogP contribution in [-0.4, -0.2) is 47.0 Å². The number of nitrogens with zero attached hydrogens (tertiary/aromatic N) is 4. The molecule has 2 aromatic heterocycles. The second-order valence-corrected chi connectivity index (χ2v) is 7.54. The van der Waals surface area contributed by atoms with E-state index in [0.717, 1.165) is 22.2 Å². The fraction of sp³-hybridized carbons (Fsp3) is 0.160. The first-order chi connectivity index (χ1) is 15.2. The summed E-state index contributed by atoms with van der Waals surface area (Å²) >= 11 is 0. The van der Waals surface area contributed by atoms with Crippen molar-refractivity contribution >= 4 is 22.5 Å². The van der Waals surface area contributed by atoms with Gasteiger partial charge >= 0.3 is 0 Å². The van der Waals surface area contributed by atoms with Crippen LogP contribution in [0.2, 0.25) is 0 Å². The van der Waals surface area contributed by atoms with E-state index in [-0.39, 0.29) is 11.7 Å². The van der Waals surface area contributed by atoms with Gasteiger partial charge in [0.15, 0.2) is 0 Å². The van der Waals surface area contributed by atoms with E-state index in [1.807, 2.05) is 58.3 Å². The first kappa shape index (κ1) is 19.2. The van der Waals surface area contributed by atoms with E-state index >= 15 is 0 Å². The zero-order valence-electron chi connectivity index (χ0n) is 16.9. The van der Waals surface area contributed by atoms with Crippen molar-refractivity contribution in [3.05, 3.63) is 90.5 Å². The summed E-state index contributed by atoms with van der Waals surface area (Å²) in [4.78, 5) is 26.2. The number of carbonyl (C=O) groups excluding carboxylic acids is 1. The van der Waals surface area contributed by atoms with Gasteiger partial charge < -0.3 is 9.80 Å². The number of rotatable bonds is 3. The van der Waals surface area contributed by atoms with Crippen LogP contribution in [0.1, 0.15) is 10.4 Å². The molecule has 3 heterocycles. The van der Waals surface area contributed by atoms with Crippen LogP contribution in [0.5, 0.6) is 0 Å². The molecule has 2 aromatic carbocycles. The number of para-hydroxylation sites is 2. The maximum absolute atomic E-state index is 14.1. The standard InChI is InChI=1S/C25H21FN4O/c26-21-6-2-4-8-24(21)29-13-15-30(16-14-29)25(31)20-17-23(18-9-11-27-12-10-18)28-22-7-3-1-5-19(20)22/h1-12,17H,13-16H2. The summed E-state index contributed by atoms with van der Waals surface area (Å²) in [5.41, 5.74) is 3.67. The predicted molar refractivity (Wildman–Crippen MR) is 119 cm³/mol. The van der Waals surface area contributed by atoms with Crippen molar-refractivity contribution in [2.24, 2.45) is 0 Å². The van der Waals surface area contributed by atoms with E-state index in [4.69, 9.17) is 4.98 Å². The van der Waals surface area contributed by atoms with Crippen LogP contribution in [0.4, 0.5) is 10.1 Å². The van der Waals surface area contributed by atoms with Crippen LogP contribution in [0, 0.1) is 5.82 Å². The SMILES string of the molecule is O=C(c1cc(-c2ccncc2)nc2ccccc12)N1CCN(c2ccccc2F)CC1. The first-order valence-electron chi connectivity index (χ1n) is 10.3. The zero-order valence-corrected chi connectivity index (χ0v) is 16.9. The van der Waals surface area contributed by atoms with E-state index in [0.29, 0.717) is 37.4 Å². The molecule has 0 unspecified atom stereocenters. The van der Waals surface area contributed by atoms with Gasteiger partial charge in [-0.25, -0.2) is 9.37 Å². The number of piperazine rings is 1. The molecule has 0 radical (unpaired) electrons. The van der Waals surface area contributed by atoms with Crippen molar-refractivity contribution in [2.45, 2.75) is 0 Å². The van der Waals surface area contributed by atoms with Gasteiger partial charge in [0.2, 0.25) is 0 Å². The topological polar surface area (TPSA) is 49.3 Å². The Morgan fingerprint density at radius 2 is 1.58 bits per heavy atom. The lowest BCUT2D eigenvalue weighted by molar-refractivity contribution is 0.0748. The molecule has 0 spiro atoms. The largest absolute Gasteiger partial charge is 0.366 e. The molecule has 1 saturated heterocycles. The van der Waals surface area contributed by atoms with Gasteiger partial charge in [-0.1, -0.05) is 30.3 Å². The molecular weight excluding hydrogens is 391 g/mol. The van der Waals surface area contributed by atoms with Gasteiger partial charge in [-0.3, -0.25) is 9.78 Å². The van der Waals surface area contributed by atoms with Gasteiger partial charge in [0.05, 0.1) is 22.5 Å². The molecule has 1 fully saturated rings. The molecule has 6 heteroatoms. The molecule has 0 bridgehead atoms. The summed E-state index contributed by atoms with van der Waals surface area (Å²) in [5.74, 6) is -0.258. The molecule has 31 heavy (non-hydrogen) atoms. The zero-order chi connectivity index (χ0) is 21.2. The third-order valence-corrected chi connectivity index (χ3v) is 5.68. The molecule has 5 rings (SSSR count). The second kappa shape index (κ2) is 8.14. The van der Waals surface area contributed by atoms with Gasteiger partial charge in [0, 0.05) is 49.5 Å². The number of hydrogen-bond acceptors (Lipinski definition) is 4. The lowest BCUT2D eigenvalue weighted by atomic mass is 10.0. The molecule has 154 valence electrons. The fourth-order valence-corrected chi connectivity index (χ4v) is 4.05. The third-order valence-electron chi connectivity index (χ3n) is 5.68. The van der Waals surface area contributed by atoms with Crippen LogP contribution < -0.4 is 4.90 Å². The van der Waals surface area contributed by atoms with Crippen molar-refractivity contribution in [1.29, 1.82) is 0 Å². The number of fused-ring (bicyclic) bond motifs is 1. The number of carbonyl (C=O) groups is 1. The van der Waals surface area contributed by atoms with Crippen molar-refractivity contribution in [2.75, 3.05) is 31.1 Å². The highest BCUT2D eigenvalue weighted by Crippen LogP contribution is 2.27. The maximum atomic E-state index is 14.1. The van der Waals surface area contributed by atoms with E-state index in [1.165, 1.54) is 6.07 Å². The molecular formula is C25H21FN4O. The summed E-state index contributed by atoms with van der Waals surface area (Å²) in [7, 11) is 0.